The fraction of sp³-hybridized carbons (Fsp3) is 0.867. The summed E-state index contributed by atoms with van der Waals surface area (Å²) in [5, 5.41) is 9.52. The minimum Gasteiger partial charge on any atom is -0.481 e. The molecule has 0 radical (unpaired) electrons. The van der Waals surface area contributed by atoms with Crippen LogP contribution in [0.4, 0.5) is 4.79 Å². The van der Waals surface area contributed by atoms with Gasteiger partial charge in [0.15, 0.2) is 0 Å². The van der Waals surface area contributed by atoms with E-state index in [9.17, 15) is 14.7 Å². The fourth-order valence-electron chi connectivity index (χ4n) is 2.35. The molecular formula is C15H27NO5. The molecule has 1 amide bonds. The van der Waals surface area contributed by atoms with Gasteiger partial charge < -0.3 is 19.5 Å². The molecule has 1 aliphatic heterocycles. The van der Waals surface area contributed by atoms with Crippen LogP contribution in [-0.2, 0) is 14.3 Å². The Bertz CT molecular complexity index is 377. The maximum absolute atomic E-state index is 12.0. The lowest BCUT2D eigenvalue weighted by Gasteiger charge is -2.27. The van der Waals surface area contributed by atoms with Gasteiger partial charge in [0, 0.05) is 26.3 Å². The van der Waals surface area contributed by atoms with Crippen LogP contribution in [0.2, 0.25) is 0 Å². The van der Waals surface area contributed by atoms with Gasteiger partial charge in [0.2, 0.25) is 0 Å². The van der Waals surface area contributed by atoms with Gasteiger partial charge in [-0.2, -0.15) is 0 Å². The number of hydrogen-bond donors (Lipinski definition) is 1. The van der Waals surface area contributed by atoms with E-state index in [1.54, 1.807) is 20.8 Å². The minimum absolute atomic E-state index is 0.187. The summed E-state index contributed by atoms with van der Waals surface area (Å²) >= 11 is 0. The summed E-state index contributed by atoms with van der Waals surface area (Å²) in [5.41, 5.74) is -1.49. The van der Waals surface area contributed by atoms with Crippen molar-refractivity contribution in [2.75, 3.05) is 26.3 Å². The van der Waals surface area contributed by atoms with Crippen molar-refractivity contribution in [3.8, 4) is 0 Å². The second kappa shape index (κ2) is 7.11. The van der Waals surface area contributed by atoms with E-state index < -0.39 is 23.1 Å². The van der Waals surface area contributed by atoms with Crippen LogP contribution < -0.4 is 0 Å². The summed E-state index contributed by atoms with van der Waals surface area (Å²) in [6, 6.07) is 0. The molecular weight excluding hydrogens is 274 g/mol. The fourth-order valence-corrected chi connectivity index (χ4v) is 2.35. The number of nitrogens with zero attached hydrogens (tertiary/aromatic N) is 1. The molecule has 0 bridgehead atoms. The van der Waals surface area contributed by atoms with Gasteiger partial charge in [-0.05, 0) is 40.0 Å². The molecule has 6 nitrogen and oxygen atoms in total. The van der Waals surface area contributed by atoms with Gasteiger partial charge in [-0.3, -0.25) is 4.79 Å². The number of carboxylic acid groups (broad SMARTS) is 1. The number of hydrogen-bond acceptors (Lipinski definition) is 4. The van der Waals surface area contributed by atoms with Crippen molar-refractivity contribution in [2.24, 2.45) is 5.41 Å². The van der Waals surface area contributed by atoms with E-state index in [0.29, 0.717) is 32.6 Å². The third-order valence-electron chi connectivity index (χ3n) is 3.53. The number of amides is 1. The molecule has 122 valence electrons. The molecule has 1 atom stereocenters. The molecule has 1 saturated heterocycles. The van der Waals surface area contributed by atoms with Gasteiger partial charge in [-0.15, -0.1) is 0 Å². The summed E-state index contributed by atoms with van der Waals surface area (Å²) < 4.78 is 10.7. The molecule has 1 rings (SSSR count). The molecule has 0 aromatic rings. The number of rotatable bonds is 6. The molecule has 0 aromatic heterocycles. The minimum atomic E-state index is -0.912. The first-order valence-electron chi connectivity index (χ1n) is 7.49. The highest BCUT2D eigenvalue weighted by Gasteiger charge is 2.46. The largest absolute Gasteiger partial charge is 0.481 e. The van der Waals surface area contributed by atoms with Crippen LogP contribution in [0.15, 0.2) is 0 Å². The van der Waals surface area contributed by atoms with Gasteiger partial charge >= 0.3 is 12.1 Å². The van der Waals surface area contributed by atoms with E-state index in [4.69, 9.17) is 9.47 Å². The smallest absolute Gasteiger partial charge is 0.410 e. The molecule has 6 heteroatoms. The highest BCUT2D eigenvalue weighted by Crippen LogP contribution is 2.35. The van der Waals surface area contributed by atoms with Crippen LogP contribution in [0.5, 0.6) is 0 Å². The predicted molar refractivity (Wildman–Crippen MR) is 78.2 cm³/mol. The van der Waals surface area contributed by atoms with Crippen molar-refractivity contribution >= 4 is 12.1 Å². The topological polar surface area (TPSA) is 76.1 Å². The number of likely N-dealkylation sites (tertiary alicyclic amines) is 1. The molecule has 21 heavy (non-hydrogen) atoms. The lowest BCUT2D eigenvalue weighted by atomic mass is 9.84. The number of carboxylic acids is 1. The Morgan fingerprint density at radius 1 is 1.29 bits per heavy atom. The Labute approximate surface area is 126 Å². The summed E-state index contributed by atoms with van der Waals surface area (Å²) in [6.07, 6.45) is 1.32. The first-order valence-corrected chi connectivity index (χ1v) is 7.49. The van der Waals surface area contributed by atoms with E-state index in [2.05, 4.69) is 0 Å². The maximum atomic E-state index is 12.0. The number of carbonyl (C=O) groups excluding carboxylic acids is 1. The highest BCUT2D eigenvalue weighted by molar-refractivity contribution is 5.78. The van der Waals surface area contributed by atoms with Crippen LogP contribution in [0, 0.1) is 5.41 Å². The van der Waals surface area contributed by atoms with Crippen LogP contribution in [0.1, 0.15) is 47.0 Å². The number of aliphatic carboxylic acids is 1. The second-order valence-electron chi connectivity index (χ2n) is 6.60. The normalized spacial score (nSPS) is 22.4. The Morgan fingerprint density at radius 2 is 1.95 bits per heavy atom. The van der Waals surface area contributed by atoms with Crippen LogP contribution in [-0.4, -0.2) is 54.0 Å². The van der Waals surface area contributed by atoms with Crippen molar-refractivity contribution in [3.63, 3.8) is 0 Å². The molecule has 1 fully saturated rings. The van der Waals surface area contributed by atoms with Gasteiger partial charge in [-0.25, -0.2) is 4.79 Å². The van der Waals surface area contributed by atoms with E-state index >= 15 is 0 Å². The lowest BCUT2D eigenvalue weighted by molar-refractivity contribution is -0.149. The summed E-state index contributed by atoms with van der Waals surface area (Å²) in [7, 11) is 0. The maximum Gasteiger partial charge on any atom is 0.410 e. The van der Waals surface area contributed by atoms with Crippen molar-refractivity contribution in [1.29, 1.82) is 0 Å². The van der Waals surface area contributed by atoms with Crippen LogP contribution in [0.25, 0.3) is 0 Å². The molecule has 1 N–H and O–H groups in total. The first kappa shape index (κ1) is 17.8. The van der Waals surface area contributed by atoms with Crippen molar-refractivity contribution in [2.45, 2.75) is 52.6 Å². The molecule has 1 aliphatic rings. The number of carbonyl (C=O) groups is 2. The quantitative estimate of drug-likeness (QED) is 0.763. The summed E-state index contributed by atoms with van der Waals surface area (Å²) in [5.74, 6) is -0.867. The van der Waals surface area contributed by atoms with Crippen molar-refractivity contribution in [1.82, 2.24) is 4.90 Å². The molecule has 0 saturated carbocycles. The summed E-state index contributed by atoms with van der Waals surface area (Å²) in [4.78, 5) is 25.1. The highest BCUT2D eigenvalue weighted by atomic mass is 16.6. The molecule has 0 spiro atoms. The Balaban J connectivity index is 2.60. The average Bonchev–Trinajstić information content (AvgIpc) is 2.78. The lowest BCUT2D eigenvalue weighted by Crippen LogP contribution is -2.40. The van der Waals surface area contributed by atoms with E-state index in [0.717, 1.165) is 6.42 Å². The predicted octanol–water partition coefficient (Wildman–Crippen LogP) is 2.51. The molecule has 1 unspecified atom stereocenters. The van der Waals surface area contributed by atoms with Crippen LogP contribution >= 0.6 is 0 Å². The number of ether oxygens (including phenoxy) is 2. The van der Waals surface area contributed by atoms with Gasteiger partial charge in [-0.1, -0.05) is 6.92 Å². The standard InChI is InChI=1S/C15H27NO5/c1-5-9-20-10-7-15(12(17)18)6-8-16(11-15)13(19)21-14(2,3)4/h5-11H2,1-4H3,(H,17,18). The van der Waals surface area contributed by atoms with Gasteiger partial charge in [0.25, 0.3) is 0 Å². The molecule has 1 heterocycles. The Morgan fingerprint density at radius 3 is 2.48 bits per heavy atom. The summed E-state index contributed by atoms with van der Waals surface area (Å²) in [6.45, 7) is 9.03. The Kier molecular flexibility index (Phi) is 6.01. The average molecular weight is 301 g/mol. The van der Waals surface area contributed by atoms with Crippen molar-refractivity contribution in [3.05, 3.63) is 0 Å². The second-order valence-corrected chi connectivity index (χ2v) is 6.60. The molecule has 0 aromatic carbocycles. The van der Waals surface area contributed by atoms with E-state index in [1.807, 2.05) is 6.92 Å². The van der Waals surface area contributed by atoms with Crippen LogP contribution in [0.3, 0.4) is 0 Å². The SMILES string of the molecule is CCCOCCC1(C(=O)O)CCN(C(=O)OC(C)(C)C)C1. The zero-order valence-electron chi connectivity index (χ0n) is 13.5. The van der Waals surface area contributed by atoms with Crippen molar-refractivity contribution < 1.29 is 24.2 Å². The van der Waals surface area contributed by atoms with Gasteiger partial charge in [0.1, 0.15) is 5.60 Å². The van der Waals surface area contributed by atoms with E-state index in [1.165, 1.54) is 4.90 Å². The zero-order chi connectivity index (χ0) is 16.1. The zero-order valence-corrected chi connectivity index (χ0v) is 13.5. The third kappa shape index (κ3) is 5.19. The van der Waals surface area contributed by atoms with Gasteiger partial charge in [0.05, 0.1) is 5.41 Å². The van der Waals surface area contributed by atoms with E-state index in [-0.39, 0.29) is 6.54 Å². The third-order valence-corrected chi connectivity index (χ3v) is 3.53. The first-order chi connectivity index (χ1) is 9.70. The molecule has 0 aliphatic carbocycles. The monoisotopic (exact) mass is 301 g/mol. The Hall–Kier alpha value is -1.30.